The van der Waals surface area contributed by atoms with Gasteiger partial charge in [0.1, 0.15) is 0 Å². The number of amides is 1. The molecule has 1 aliphatic heterocycles. The van der Waals surface area contributed by atoms with Crippen molar-refractivity contribution in [3.8, 4) is 0 Å². The van der Waals surface area contributed by atoms with E-state index < -0.39 is 0 Å². The lowest BCUT2D eigenvalue weighted by molar-refractivity contribution is 0.0778. The number of carbonyl (C=O) groups is 1. The molecular formula is C16H24N4O. The van der Waals surface area contributed by atoms with E-state index in [1.165, 1.54) is 32.1 Å². The molecule has 5 nitrogen and oxygen atoms in total. The summed E-state index contributed by atoms with van der Waals surface area (Å²) in [4.78, 5) is 22.6. The van der Waals surface area contributed by atoms with Gasteiger partial charge in [-0.25, -0.2) is 9.97 Å². The van der Waals surface area contributed by atoms with Crippen LogP contribution < -0.4 is 5.73 Å². The summed E-state index contributed by atoms with van der Waals surface area (Å²) in [5.41, 5.74) is 6.82. The van der Waals surface area contributed by atoms with E-state index in [-0.39, 0.29) is 11.9 Å². The predicted octanol–water partition coefficient (Wildman–Crippen LogP) is 2.41. The van der Waals surface area contributed by atoms with Gasteiger partial charge in [-0.15, -0.1) is 0 Å². The van der Waals surface area contributed by atoms with Crippen LogP contribution in [0.1, 0.15) is 54.6 Å². The number of aryl methyl sites for hydroxylation is 1. The van der Waals surface area contributed by atoms with Crippen molar-refractivity contribution in [2.45, 2.75) is 45.4 Å². The van der Waals surface area contributed by atoms with Crippen LogP contribution in [0.3, 0.4) is 0 Å². The fourth-order valence-electron chi connectivity index (χ4n) is 3.83. The standard InChI is InChI=1S/C16H24N4O/c1-11-14(9-18-16(17)19-11)15(21)20-8-7-13(10-20)12-5-3-2-4-6-12/h9,12-13H,2-8,10H2,1H3,(H2,17,18,19)/t13-/m0/s1. The van der Waals surface area contributed by atoms with Gasteiger partial charge in [-0.05, 0) is 25.2 Å². The average molecular weight is 288 g/mol. The fraction of sp³-hybridized carbons (Fsp3) is 0.688. The van der Waals surface area contributed by atoms with Crippen molar-refractivity contribution >= 4 is 11.9 Å². The molecule has 1 saturated heterocycles. The molecule has 0 spiro atoms. The van der Waals surface area contributed by atoms with Crippen LogP contribution in [-0.4, -0.2) is 33.9 Å². The molecule has 2 heterocycles. The number of nitrogens with zero attached hydrogens (tertiary/aromatic N) is 3. The number of nitrogens with two attached hydrogens (primary N) is 1. The zero-order chi connectivity index (χ0) is 14.8. The highest BCUT2D eigenvalue weighted by Crippen LogP contribution is 2.35. The second-order valence-electron chi connectivity index (χ2n) is 6.43. The third kappa shape index (κ3) is 3.01. The zero-order valence-electron chi connectivity index (χ0n) is 12.7. The molecule has 5 heteroatoms. The van der Waals surface area contributed by atoms with Crippen molar-refractivity contribution < 1.29 is 4.79 Å². The molecule has 1 aromatic heterocycles. The summed E-state index contributed by atoms with van der Waals surface area (Å²) < 4.78 is 0. The number of rotatable bonds is 2. The first kappa shape index (κ1) is 14.3. The highest BCUT2D eigenvalue weighted by molar-refractivity contribution is 5.95. The second kappa shape index (κ2) is 6.00. The molecule has 0 aromatic carbocycles. The molecule has 2 aliphatic rings. The lowest BCUT2D eigenvalue weighted by Gasteiger charge is -2.27. The molecular weight excluding hydrogens is 264 g/mol. The van der Waals surface area contributed by atoms with Gasteiger partial charge in [0.25, 0.3) is 5.91 Å². The number of nitrogen functional groups attached to an aromatic ring is 1. The third-order valence-corrected chi connectivity index (χ3v) is 5.06. The molecule has 3 rings (SSSR count). The van der Waals surface area contributed by atoms with Crippen LogP contribution in [0.25, 0.3) is 0 Å². The Labute approximate surface area is 125 Å². The summed E-state index contributed by atoms with van der Waals surface area (Å²) in [6, 6.07) is 0. The molecule has 0 unspecified atom stereocenters. The van der Waals surface area contributed by atoms with E-state index in [1.54, 1.807) is 6.20 Å². The van der Waals surface area contributed by atoms with Gasteiger partial charge in [-0.1, -0.05) is 32.1 Å². The Morgan fingerprint density at radius 3 is 2.71 bits per heavy atom. The minimum absolute atomic E-state index is 0.0609. The van der Waals surface area contributed by atoms with E-state index in [4.69, 9.17) is 5.73 Å². The fourth-order valence-corrected chi connectivity index (χ4v) is 3.83. The minimum atomic E-state index is 0.0609. The Balaban J connectivity index is 1.66. The van der Waals surface area contributed by atoms with Crippen molar-refractivity contribution in [3.05, 3.63) is 17.5 Å². The molecule has 1 saturated carbocycles. The minimum Gasteiger partial charge on any atom is -0.368 e. The van der Waals surface area contributed by atoms with Gasteiger partial charge >= 0.3 is 0 Å². The summed E-state index contributed by atoms with van der Waals surface area (Å²) in [5.74, 6) is 1.79. The van der Waals surface area contributed by atoms with Crippen LogP contribution in [0.4, 0.5) is 5.95 Å². The number of carbonyl (C=O) groups excluding carboxylic acids is 1. The van der Waals surface area contributed by atoms with Gasteiger partial charge in [-0.3, -0.25) is 4.79 Å². The van der Waals surface area contributed by atoms with Gasteiger partial charge in [0.2, 0.25) is 5.95 Å². The SMILES string of the molecule is Cc1nc(N)ncc1C(=O)N1CC[C@H](C2CCCCC2)C1. The van der Waals surface area contributed by atoms with Gasteiger partial charge in [0.05, 0.1) is 11.3 Å². The van der Waals surface area contributed by atoms with Gasteiger partial charge in [0, 0.05) is 19.3 Å². The van der Waals surface area contributed by atoms with Gasteiger partial charge < -0.3 is 10.6 Å². The van der Waals surface area contributed by atoms with Crippen LogP contribution in [0.5, 0.6) is 0 Å². The normalized spacial score (nSPS) is 23.5. The first-order chi connectivity index (χ1) is 10.1. The highest BCUT2D eigenvalue weighted by Gasteiger charge is 2.33. The second-order valence-corrected chi connectivity index (χ2v) is 6.43. The molecule has 2 N–H and O–H groups in total. The molecule has 21 heavy (non-hydrogen) atoms. The van der Waals surface area contributed by atoms with E-state index >= 15 is 0 Å². The predicted molar refractivity (Wildman–Crippen MR) is 81.8 cm³/mol. The van der Waals surface area contributed by atoms with Gasteiger partial charge in [-0.2, -0.15) is 0 Å². The van der Waals surface area contributed by atoms with E-state index in [9.17, 15) is 4.79 Å². The lowest BCUT2D eigenvalue weighted by atomic mass is 9.80. The number of likely N-dealkylation sites (tertiary alicyclic amines) is 1. The quantitative estimate of drug-likeness (QED) is 0.907. The van der Waals surface area contributed by atoms with Crippen LogP contribution in [-0.2, 0) is 0 Å². The summed E-state index contributed by atoms with van der Waals surface area (Å²) in [7, 11) is 0. The topological polar surface area (TPSA) is 72.1 Å². The maximum absolute atomic E-state index is 12.6. The van der Waals surface area contributed by atoms with Gasteiger partial charge in [0.15, 0.2) is 0 Å². The molecule has 1 aliphatic carbocycles. The van der Waals surface area contributed by atoms with Crippen LogP contribution in [0.15, 0.2) is 6.20 Å². The van der Waals surface area contributed by atoms with Crippen LogP contribution in [0, 0.1) is 18.8 Å². The van der Waals surface area contributed by atoms with Crippen molar-refractivity contribution in [2.75, 3.05) is 18.8 Å². The molecule has 1 atom stereocenters. The van der Waals surface area contributed by atoms with Crippen LogP contribution >= 0.6 is 0 Å². The van der Waals surface area contributed by atoms with E-state index in [1.807, 2.05) is 11.8 Å². The summed E-state index contributed by atoms with van der Waals surface area (Å²) in [6.07, 6.45) is 9.50. The molecule has 0 radical (unpaired) electrons. The number of hydrogen-bond donors (Lipinski definition) is 1. The Bertz CT molecular complexity index is 525. The number of aromatic nitrogens is 2. The molecule has 2 fully saturated rings. The van der Waals surface area contributed by atoms with Crippen molar-refractivity contribution in [2.24, 2.45) is 11.8 Å². The maximum Gasteiger partial charge on any atom is 0.257 e. The lowest BCUT2D eigenvalue weighted by Crippen LogP contribution is -2.31. The molecule has 1 amide bonds. The van der Waals surface area contributed by atoms with E-state index in [0.29, 0.717) is 17.2 Å². The number of hydrogen-bond acceptors (Lipinski definition) is 4. The van der Waals surface area contributed by atoms with E-state index in [2.05, 4.69) is 9.97 Å². The first-order valence-electron chi connectivity index (χ1n) is 8.03. The Kier molecular flexibility index (Phi) is 4.08. The molecule has 114 valence electrons. The Hall–Kier alpha value is -1.65. The highest BCUT2D eigenvalue weighted by atomic mass is 16.2. The van der Waals surface area contributed by atoms with Crippen molar-refractivity contribution in [3.63, 3.8) is 0 Å². The number of anilines is 1. The molecule has 0 bridgehead atoms. The smallest absolute Gasteiger partial charge is 0.257 e. The largest absolute Gasteiger partial charge is 0.368 e. The summed E-state index contributed by atoms with van der Waals surface area (Å²) >= 11 is 0. The summed E-state index contributed by atoms with van der Waals surface area (Å²) in [6.45, 7) is 3.58. The Morgan fingerprint density at radius 1 is 1.24 bits per heavy atom. The monoisotopic (exact) mass is 288 g/mol. The van der Waals surface area contributed by atoms with E-state index in [0.717, 1.165) is 25.4 Å². The average Bonchev–Trinajstić information content (AvgIpc) is 2.97. The summed E-state index contributed by atoms with van der Waals surface area (Å²) in [5, 5.41) is 0. The molecule has 1 aromatic rings. The van der Waals surface area contributed by atoms with Crippen molar-refractivity contribution in [1.82, 2.24) is 14.9 Å². The van der Waals surface area contributed by atoms with Crippen LogP contribution in [0.2, 0.25) is 0 Å². The zero-order valence-corrected chi connectivity index (χ0v) is 12.7. The third-order valence-electron chi connectivity index (χ3n) is 5.06. The first-order valence-corrected chi connectivity index (χ1v) is 8.03. The van der Waals surface area contributed by atoms with Crippen molar-refractivity contribution in [1.29, 1.82) is 0 Å². The maximum atomic E-state index is 12.6. The Morgan fingerprint density at radius 2 is 2.00 bits per heavy atom.